The summed E-state index contributed by atoms with van der Waals surface area (Å²) in [6.45, 7) is 0. The molecule has 0 saturated carbocycles. The Morgan fingerprint density at radius 2 is 1.20 bits per heavy atom. The molecule has 0 spiro atoms. The van der Waals surface area contributed by atoms with Crippen LogP contribution >= 0.6 is 0 Å². The predicted octanol–water partition coefficient (Wildman–Crippen LogP) is -0.370. The highest BCUT2D eigenvalue weighted by Gasteiger charge is 2.38. The average Bonchev–Trinajstić information content (AvgIpc) is 1.62. The highest BCUT2D eigenvalue weighted by Crippen LogP contribution is 2.29. The molecule has 0 fully saturated rings. The fourth-order valence-corrected chi connectivity index (χ4v) is 0.107. The first kappa shape index (κ1) is 12.3. The Morgan fingerprint density at radius 1 is 0.900 bits per heavy atom. The molecule has 0 aliphatic carbocycles. The Labute approximate surface area is 57.9 Å². The standard InChI is InChI=1S/C3F6.ClH/c4-1(2(5)6)3(7,8)9;/h;1H/p-1. The Bertz CT molecular complexity index is 130. The van der Waals surface area contributed by atoms with E-state index in [1.54, 1.807) is 0 Å². The topological polar surface area (TPSA) is 0 Å². The van der Waals surface area contributed by atoms with Gasteiger partial charge >= 0.3 is 12.3 Å². The third kappa shape index (κ3) is 3.60. The molecule has 0 bridgehead atoms. The Morgan fingerprint density at radius 3 is 1.20 bits per heavy atom. The monoisotopic (exact) mass is 185 g/mol. The third-order valence-electron chi connectivity index (χ3n) is 0.415. The van der Waals surface area contributed by atoms with Crippen molar-refractivity contribution in [3.8, 4) is 0 Å². The van der Waals surface area contributed by atoms with Crippen LogP contribution in [-0.2, 0) is 0 Å². The summed E-state index contributed by atoms with van der Waals surface area (Å²) in [4.78, 5) is 0. The lowest BCUT2D eigenvalue weighted by Crippen LogP contribution is -3.00. The molecule has 62 valence electrons. The van der Waals surface area contributed by atoms with Gasteiger partial charge in [0.15, 0.2) is 0 Å². The molecule has 0 aliphatic rings. The van der Waals surface area contributed by atoms with Gasteiger partial charge in [0.05, 0.1) is 0 Å². The molecule has 0 radical (unpaired) electrons. The lowest BCUT2D eigenvalue weighted by Gasteiger charge is -1.98. The normalized spacial score (nSPS) is 10.2. The molecule has 0 aromatic carbocycles. The lowest BCUT2D eigenvalue weighted by molar-refractivity contribution is -0.113. The van der Waals surface area contributed by atoms with E-state index in [1.165, 1.54) is 0 Å². The van der Waals surface area contributed by atoms with E-state index < -0.39 is 18.1 Å². The molecule has 0 amide bonds. The summed E-state index contributed by atoms with van der Waals surface area (Å²) in [6.07, 6.45) is -8.90. The third-order valence-corrected chi connectivity index (χ3v) is 0.415. The molecule has 7 heteroatoms. The zero-order valence-electron chi connectivity index (χ0n) is 4.15. The van der Waals surface area contributed by atoms with E-state index in [9.17, 15) is 26.3 Å². The predicted molar refractivity (Wildman–Crippen MR) is 16.4 cm³/mol. The van der Waals surface area contributed by atoms with Gasteiger partial charge in [-0.25, -0.2) is 0 Å². The van der Waals surface area contributed by atoms with Gasteiger partial charge < -0.3 is 12.4 Å². The van der Waals surface area contributed by atoms with Crippen LogP contribution in [-0.4, -0.2) is 6.18 Å². The number of hydrogen-bond acceptors (Lipinski definition) is 0. The van der Waals surface area contributed by atoms with Crippen molar-refractivity contribution < 1.29 is 38.7 Å². The van der Waals surface area contributed by atoms with Gasteiger partial charge in [-0.2, -0.15) is 26.3 Å². The van der Waals surface area contributed by atoms with Crippen molar-refractivity contribution in [3.05, 3.63) is 11.9 Å². The van der Waals surface area contributed by atoms with Gasteiger partial charge in [0.25, 0.3) is 5.83 Å². The van der Waals surface area contributed by atoms with Crippen LogP contribution in [0.2, 0.25) is 0 Å². The summed E-state index contributed by atoms with van der Waals surface area (Å²) < 4.78 is 64.8. The van der Waals surface area contributed by atoms with Crippen molar-refractivity contribution in [1.82, 2.24) is 0 Å². The van der Waals surface area contributed by atoms with Crippen LogP contribution in [0, 0.1) is 0 Å². The smallest absolute Gasteiger partial charge is 0.448 e. The number of halogens is 7. The van der Waals surface area contributed by atoms with Crippen LogP contribution in [0.3, 0.4) is 0 Å². The number of allylic oxidation sites excluding steroid dienone is 1. The number of rotatable bonds is 0. The first-order chi connectivity index (χ1) is 3.85. The van der Waals surface area contributed by atoms with Crippen LogP contribution in [0.4, 0.5) is 26.3 Å². The van der Waals surface area contributed by atoms with Crippen molar-refractivity contribution in [2.75, 3.05) is 0 Å². The second-order valence-electron chi connectivity index (χ2n) is 1.07. The second-order valence-corrected chi connectivity index (χ2v) is 1.07. The molecule has 0 atom stereocenters. The molecular weight excluding hydrogens is 185 g/mol. The molecule has 0 aromatic rings. The van der Waals surface area contributed by atoms with Gasteiger partial charge in [-0.05, 0) is 0 Å². The Kier molecular flexibility index (Phi) is 4.55. The van der Waals surface area contributed by atoms with Crippen molar-refractivity contribution >= 4 is 0 Å². The fraction of sp³-hybridized carbons (Fsp3) is 0.333. The zero-order valence-corrected chi connectivity index (χ0v) is 4.90. The summed E-state index contributed by atoms with van der Waals surface area (Å²) in [6, 6.07) is 0. The summed E-state index contributed by atoms with van der Waals surface area (Å²) in [5, 5.41) is 0. The average molecular weight is 185 g/mol. The Hall–Kier alpha value is -0.390. The highest BCUT2D eigenvalue weighted by atomic mass is 35.5. The van der Waals surface area contributed by atoms with Crippen LogP contribution in [0.1, 0.15) is 0 Å². The zero-order chi connectivity index (χ0) is 7.65. The molecule has 0 aliphatic heterocycles. The van der Waals surface area contributed by atoms with Crippen molar-refractivity contribution in [2.45, 2.75) is 6.18 Å². The van der Waals surface area contributed by atoms with Crippen LogP contribution in [0.25, 0.3) is 0 Å². The van der Waals surface area contributed by atoms with E-state index in [1.807, 2.05) is 0 Å². The molecule has 0 unspecified atom stereocenters. The molecule has 0 N–H and O–H groups in total. The summed E-state index contributed by atoms with van der Waals surface area (Å²) in [7, 11) is 0. The molecular formula is C3ClF6-. The first-order valence-corrected chi connectivity index (χ1v) is 1.63. The first-order valence-electron chi connectivity index (χ1n) is 1.63. The quantitative estimate of drug-likeness (QED) is 0.452. The summed E-state index contributed by atoms with van der Waals surface area (Å²) in [5.74, 6) is -3.33. The molecule has 0 nitrogen and oxygen atoms in total. The Balaban J connectivity index is 0. The van der Waals surface area contributed by atoms with Crippen LogP contribution in [0.5, 0.6) is 0 Å². The van der Waals surface area contributed by atoms with E-state index >= 15 is 0 Å². The maximum atomic E-state index is 11.0. The van der Waals surface area contributed by atoms with Gasteiger partial charge in [-0.3, -0.25) is 0 Å². The number of alkyl halides is 3. The van der Waals surface area contributed by atoms with E-state index in [-0.39, 0.29) is 12.4 Å². The van der Waals surface area contributed by atoms with Crippen LogP contribution < -0.4 is 12.4 Å². The minimum absolute atomic E-state index is 0. The van der Waals surface area contributed by atoms with Gasteiger partial charge in [-0.1, -0.05) is 0 Å². The van der Waals surface area contributed by atoms with Crippen molar-refractivity contribution in [1.29, 1.82) is 0 Å². The SMILES string of the molecule is FC(F)=C(F)C(F)(F)F.[Cl-]. The minimum Gasteiger partial charge on any atom is -1.00 e. The molecule has 0 aromatic heterocycles. The van der Waals surface area contributed by atoms with E-state index in [2.05, 4.69) is 0 Å². The molecule has 10 heavy (non-hydrogen) atoms. The van der Waals surface area contributed by atoms with Crippen molar-refractivity contribution in [3.63, 3.8) is 0 Å². The van der Waals surface area contributed by atoms with Gasteiger partial charge in [0.1, 0.15) is 0 Å². The molecule has 0 saturated heterocycles. The van der Waals surface area contributed by atoms with E-state index in [0.717, 1.165) is 0 Å². The van der Waals surface area contributed by atoms with E-state index in [0.29, 0.717) is 0 Å². The van der Waals surface area contributed by atoms with Crippen LogP contribution in [0.15, 0.2) is 11.9 Å². The highest BCUT2D eigenvalue weighted by molar-refractivity contribution is 4.98. The maximum Gasteiger partial charge on any atom is 0.448 e. The largest absolute Gasteiger partial charge is 1.00 e. The molecule has 0 heterocycles. The van der Waals surface area contributed by atoms with Gasteiger partial charge in [0, 0.05) is 0 Å². The lowest BCUT2D eigenvalue weighted by atomic mass is 10.6. The second kappa shape index (κ2) is 3.70. The fourth-order valence-electron chi connectivity index (χ4n) is 0.107. The van der Waals surface area contributed by atoms with Crippen molar-refractivity contribution in [2.24, 2.45) is 0 Å². The maximum absolute atomic E-state index is 11.0. The van der Waals surface area contributed by atoms with Gasteiger partial charge in [-0.15, -0.1) is 0 Å². The van der Waals surface area contributed by atoms with Gasteiger partial charge in [0.2, 0.25) is 0 Å². The number of hydrogen-bond donors (Lipinski definition) is 0. The molecule has 0 rings (SSSR count). The minimum atomic E-state index is -5.56. The summed E-state index contributed by atoms with van der Waals surface area (Å²) >= 11 is 0. The summed E-state index contributed by atoms with van der Waals surface area (Å²) in [5.41, 5.74) is 0. The van der Waals surface area contributed by atoms with E-state index in [4.69, 9.17) is 0 Å².